The molecular formula is C21H26N2O2. The molecule has 0 saturated carbocycles. The number of amides is 2. The van der Waals surface area contributed by atoms with Crippen molar-refractivity contribution in [2.45, 2.75) is 39.8 Å². The minimum absolute atomic E-state index is 0.0496. The average Bonchev–Trinajstić information content (AvgIpc) is 2.60. The van der Waals surface area contributed by atoms with Gasteiger partial charge in [-0.25, -0.2) is 0 Å². The molecule has 0 aliphatic heterocycles. The van der Waals surface area contributed by atoms with E-state index in [1.807, 2.05) is 68.4 Å². The Morgan fingerprint density at radius 1 is 1.04 bits per heavy atom. The van der Waals surface area contributed by atoms with Crippen LogP contribution in [0.4, 0.5) is 0 Å². The molecule has 0 aliphatic rings. The second kappa shape index (κ2) is 9.02. The van der Waals surface area contributed by atoms with Gasteiger partial charge in [0.15, 0.2) is 0 Å². The van der Waals surface area contributed by atoms with E-state index in [2.05, 4.69) is 5.32 Å². The summed E-state index contributed by atoms with van der Waals surface area (Å²) in [6.45, 7) is 6.65. The fourth-order valence-corrected chi connectivity index (χ4v) is 2.78. The van der Waals surface area contributed by atoms with Crippen LogP contribution < -0.4 is 5.32 Å². The monoisotopic (exact) mass is 338 g/mol. The molecule has 0 spiro atoms. The van der Waals surface area contributed by atoms with Gasteiger partial charge < -0.3 is 10.2 Å². The topological polar surface area (TPSA) is 49.4 Å². The number of benzene rings is 2. The summed E-state index contributed by atoms with van der Waals surface area (Å²) in [5, 5.41) is 2.81. The number of carbonyl (C=O) groups is 2. The van der Waals surface area contributed by atoms with Gasteiger partial charge in [0.2, 0.25) is 11.8 Å². The molecule has 4 heteroatoms. The lowest BCUT2D eigenvalue weighted by molar-refractivity contribution is -0.140. The highest BCUT2D eigenvalue weighted by Crippen LogP contribution is 2.13. The fourth-order valence-electron chi connectivity index (χ4n) is 2.78. The Hall–Kier alpha value is -2.62. The van der Waals surface area contributed by atoms with E-state index in [-0.39, 0.29) is 18.2 Å². The van der Waals surface area contributed by atoms with Crippen LogP contribution in [0, 0.1) is 6.92 Å². The Morgan fingerprint density at radius 2 is 1.72 bits per heavy atom. The molecule has 0 fully saturated rings. The van der Waals surface area contributed by atoms with E-state index in [1.54, 1.807) is 11.8 Å². The van der Waals surface area contributed by atoms with Crippen molar-refractivity contribution in [3.05, 3.63) is 71.3 Å². The van der Waals surface area contributed by atoms with Gasteiger partial charge in [-0.3, -0.25) is 9.59 Å². The lowest BCUT2D eigenvalue weighted by Crippen LogP contribution is -2.48. The summed E-state index contributed by atoms with van der Waals surface area (Å²) in [6, 6.07) is 17.1. The average molecular weight is 338 g/mol. The van der Waals surface area contributed by atoms with E-state index < -0.39 is 6.04 Å². The van der Waals surface area contributed by atoms with E-state index in [4.69, 9.17) is 0 Å². The van der Waals surface area contributed by atoms with Gasteiger partial charge in [-0.15, -0.1) is 0 Å². The van der Waals surface area contributed by atoms with Crippen molar-refractivity contribution in [2.75, 3.05) is 6.54 Å². The zero-order valence-corrected chi connectivity index (χ0v) is 15.2. The molecule has 0 aromatic heterocycles. The number of hydrogen-bond acceptors (Lipinski definition) is 2. The third-order valence-electron chi connectivity index (χ3n) is 4.15. The molecule has 0 saturated heterocycles. The molecule has 1 N–H and O–H groups in total. The van der Waals surface area contributed by atoms with Gasteiger partial charge in [0.05, 0.1) is 6.42 Å². The fraction of sp³-hybridized carbons (Fsp3) is 0.333. The Labute approximate surface area is 149 Å². The number of hydrogen-bond donors (Lipinski definition) is 1. The summed E-state index contributed by atoms with van der Waals surface area (Å²) in [4.78, 5) is 26.9. The summed E-state index contributed by atoms with van der Waals surface area (Å²) >= 11 is 0. The third-order valence-corrected chi connectivity index (χ3v) is 4.15. The van der Waals surface area contributed by atoms with Crippen molar-refractivity contribution >= 4 is 11.8 Å². The van der Waals surface area contributed by atoms with Gasteiger partial charge in [0, 0.05) is 13.1 Å². The molecule has 0 unspecified atom stereocenters. The lowest BCUT2D eigenvalue weighted by atomic mass is 10.1. The minimum Gasteiger partial charge on any atom is -0.355 e. The van der Waals surface area contributed by atoms with Crippen molar-refractivity contribution in [1.82, 2.24) is 10.2 Å². The molecule has 1 atom stereocenters. The first-order valence-electron chi connectivity index (χ1n) is 8.68. The number of nitrogens with zero attached hydrogens (tertiary/aromatic N) is 1. The molecule has 132 valence electrons. The second-order valence-corrected chi connectivity index (χ2v) is 6.24. The first-order chi connectivity index (χ1) is 12.0. The van der Waals surface area contributed by atoms with Crippen molar-refractivity contribution in [3.63, 3.8) is 0 Å². The molecular weight excluding hydrogens is 312 g/mol. The first kappa shape index (κ1) is 18.7. The van der Waals surface area contributed by atoms with Gasteiger partial charge in [-0.2, -0.15) is 0 Å². The number of nitrogens with one attached hydrogen (secondary N) is 1. The molecule has 0 heterocycles. The standard InChI is InChI=1S/C21H26N2O2/c1-4-22-21(25)17(3)23(15-19-12-8-9-16(2)13-19)20(24)14-18-10-6-5-7-11-18/h5-13,17H,4,14-15H2,1-3H3,(H,22,25)/t17-/m0/s1. The molecule has 2 aromatic rings. The Kier molecular flexibility index (Phi) is 6.75. The molecule has 4 nitrogen and oxygen atoms in total. The quantitative estimate of drug-likeness (QED) is 0.843. The van der Waals surface area contributed by atoms with E-state index in [9.17, 15) is 9.59 Å². The summed E-state index contributed by atoms with van der Waals surface area (Å²) in [5.41, 5.74) is 3.11. The maximum absolute atomic E-state index is 12.9. The number of likely N-dealkylation sites (N-methyl/N-ethyl adjacent to an activating group) is 1. The van der Waals surface area contributed by atoms with Crippen molar-refractivity contribution < 1.29 is 9.59 Å². The second-order valence-electron chi connectivity index (χ2n) is 6.24. The zero-order valence-electron chi connectivity index (χ0n) is 15.2. The van der Waals surface area contributed by atoms with Crippen LogP contribution in [-0.4, -0.2) is 29.3 Å². The zero-order chi connectivity index (χ0) is 18.2. The van der Waals surface area contributed by atoms with Crippen LogP contribution in [0.1, 0.15) is 30.5 Å². The van der Waals surface area contributed by atoms with Crippen molar-refractivity contribution in [2.24, 2.45) is 0 Å². The number of rotatable bonds is 7. The molecule has 0 aliphatic carbocycles. The van der Waals surface area contributed by atoms with Gasteiger partial charge in [-0.1, -0.05) is 60.2 Å². The highest BCUT2D eigenvalue weighted by atomic mass is 16.2. The predicted molar refractivity (Wildman–Crippen MR) is 100 cm³/mol. The normalized spacial score (nSPS) is 11.6. The summed E-state index contributed by atoms with van der Waals surface area (Å²) in [7, 11) is 0. The minimum atomic E-state index is -0.517. The molecule has 0 bridgehead atoms. The third kappa shape index (κ3) is 5.45. The highest BCUT2D eigenvalue weighted by molar-refractivity contribution is 5.88. The highest BCUT2D eigenvalue weighted by Gasteiger charge is 2.25. The van der Waals surface area contributed by atoms with Gasteiger partial charge in [0.25, 0.3) is 0 Å². The van der Waals surface area contributed by atoms with E-state index in [1.165, 1.54) is 0 Å². The smallest absolute Gasteiger partial charge is 0.242 e. The van der Waals surface area contributed by atoms with Crippen LogP contribution in [0.3, 0.4) is 0 Å². The van der Waals surface area contributed by atoms with Crippen LogP contribution in [-0.2, 0) is 22.6 Å². The summed E-state index contributed by atoms with van der Waals surface area (Å²) in [6.07, 6.45) is 0.288. The van der Waals surface area contributed by atoms with Crippen molar-refractivity contribution in [3.8, 4) is 0 Å². The van der Waals surface area contributed by atoms with E-state index in [0.717, 1.165) is 16.7 Å². The van der Waals surface area contributed by atoms with Gasteiger partial charge in [-0.05, 0) is 31.9 Å². The summed E-state index contributed by atoms with van der Waals surface area (Å²) in [5.74, 6) is -0.178. The first-order valence-corrected chi connectivity index (χ1v) is 8.68. The van der Waals surface area contributed by atoms with Crippen LogP contribution in [0.15, 0.2) is 54.6 Å². The van der Waals surface area contributed by atoms with E-state index >= 15 is 0 Å². The van der Waals surface area contributed by atoms with Crippen LogP contribution in [0.5, 0.6) is 0 Å². The summed E-state index contributed by atoms with van der Waals surface area (Å²) < 4.78 is 0. The molecule has 0 radical (unpaired) electrons. The molecule has 2 aromatic carbocycles. The number of carbonyl (C=O) groups excluding carboxylic acids is 2. The Balaban J connectivity index is 2.21. The van der Waals surface area contributed by atoms with Crippen LogP contribution >= 0.6 is 0 Å². The van der Waals surface area contributed by atoms with Crippen LogP contribution in [0.2, 0.25) is 0 Å². The van der Waals surface area contributed by atoms with Gasteiger partial charge >= 0.3 is 0 Å². The molecule has 2 rings (SSSR count). The van der Waals surface area contributed by atoms with Crippen molar-refractivity contribution in [1.29, 1.82) is 0 Å². The Morgan fingerprint density at radius 3 is 2.36 bits per heavy atom. The molecule has 2 amide bonds. The maximum Gasteiger partial charge on any atom is 0.242 e. The number of aryl methyl sites for hydroxylation is 1. The lowest BCUT2D eigenvalue weighted by Gasteiger charge is -2.29. The molecule has 25 heavy (non-hydrogen) atoms. The Bertz CT molecular complexity index is 713. The van der Waals surface area contributed by atoms with E-state index in [0.29, 0.717) is 13.1 Å². The maximum atomic E-state index is 12.9. The SMILES string of the molecule is CCNC(=O)[C@H](C)N(Cc1cccc(C)c1)C(=O)Cc1ccccc1. The predicted octanol–water partition coefficient (Wildman–Crippen LogP) is 3.09. The van der Waals surface area contributed by atoms with Gasteiger partial charge in [0.1, 0.15) is 6.04 Å². The largest absolute Gasteiger partial charge is 0.355 e. The van der Waals surface area contributed by atoms with Crippen LogP contribution in [0.25, 0.3) is 0 Å².